The Morgan fingerprint density at radius 1 is 1.09 bits per heavy atom. The number of rotatable bonds is 5. The summed E-state index contributed by atoms with van der Waals surface area (Å²) in [5.41, 5.74) is 4.26. The van der Waals surface area contributed by atoms with Crippen molar-refractivity contribution in [2.75, 3.05) is 67.3 Å². The van der Waals surface area contributed by atoms with Gasteiger partial charge in [-0.15, -0.1) is 0 Å². The van der Waals surface area contributed by atoms with Crippen LogP contribution in [-0.4, -0.2) is 79.3 Å². The zero-order valence-corrected chi connectivity index (χ0v) is 24.0. The zero-order valence-electron chi connectivity index (χ0n) is 24.0. The van der Waals surface area contributed by atoms with Gasteiger partial charge in [0.25, 0.3) is 5.91 Å². The molecule has 2 aliphatic heterocycles. The molecule has 0 unspecified atom stereocenters. The fourth-order valence-corrected chi connectivity index (χ4v) is 5.49. The van der Waals surface area contributed by atoms with E-state index in [0.29, 0.717) is 68.2 Å². The first-order valence-corrected chi connectivity index (χ1v) is 13.8. The fourth-order valence-electron chi connectivity index (χ4n) is 5.49. The number of amides is 1. The second-order valence-corrected chi connectivity index (χ2v) is 10.9. The van der Waals surface area contributed by atoms with Crippen LogP contribution in [0.3, 0.4) is 0 Å². The molecule has 0 radical (unpaired) electrons. The van der Waals surface area contributed by atoms with Gasteiger partial charge in [-0.1, -0.05) is 0 Å². The molecular formula is C29H33F4N7O3. The van der Waals surface area contributed by atoms with E-state index in [2.05, 4.69) is 20.2 Å². The quantitative estimate of drug-likeness (QED) is 0.377. The van der Waals surface area contributed by atoms with Crippen LogP contribution in [0.4, 0.5) is 40.4 Å². The maximum atomic E-state index is 15.8. The highest BCUT2D eigenvalue weighted by molar-refractivity contribution is 6.07. The van der Waals surface area contributed by atoms with Gasteiger partial charge in [-0.05, 0) is 39.1 Å². The average Bonchev–Trinajstić information content (AvgIpc) is 2.96. The SMILES string of the molecule is C[C@@H]1CN(c2cc(F)c(-c3cnc(N4CCOCC4)c(N)c3)cc2NC(=O)c2c[nH]c(=O)cc2C(F)(F)F)C[C@H](C)N1C. The van der Waals surface area contributed by atoms with E-state index >= 15 is 4.39 Å². The molecule has 4 heterocycles. The number of alkyl halides is 3. The van der Waals surface area contributed by atoms with Crippen molar-refractivity contribution in [1.29, 1.82) is 0 Å². The van der Waals surface area contributed by atoms with Crippen LogP contribution in [0.5, 0.6) is 0 Å². The van der Waals surface area contributed by atoms with Crippen molar-refractivity contribution in [3.05, 3.63) is 64.0 Å². The summed E-state index contributed by atoms with van der Waals surface area (Å²) >= 11 is 0. The van der Waals surface area contributed by atoms with Crippen molar-refractivity contribution in [1.82, 2.24) is 14.9 Å². The first-order chi connectivity index (χ1) is 20.3. The molecule has 3 aromatic rings. The van der Waals surface area contributed by atoms with Crippen LogP contribution < -0.4 is 26.4 Å². The third kappa shape index (κ3) is 6.30. The molecule has 0 aliphatic carbocycles. The maximum absolute atomic E-state index is 15.8. The van der Waals surface area contributed by atoms with Gasteiger partial charge in [-0.3, -0.25) is 14.5 Å². The standard InChI is InChI=1S/C29H33F4N7O3/c1-16-14-40(15-17(2)38(16)3)25-11-22(30)19(18-8-23(34)27(36-12-18)39-4-6-43-7-5-39)9-24(25)37-28(42)20-13-35-26(41)10-21(20)29(31,32)33/h8-13,16-17H,4-7,14-15,34H2,1-3H3,(H,35,41)(H,37,42)/t16-,17+. The number of hydrogen-bond donors (Lipinski definition) is 3. The van der Waals surface area contributed by atoms with Gasteiger partial charge in [-0.25, -0.2) is 9.37 Å². The van der Waals surface area contributed by atoms with Gasteiger partial charge in [0.2, 0.25) is 5.56 Å². The highest BCUT2D eigenvalue weighted by Crippen LogP contribution is 2.38. The topological polar surface area (TPSA) is 120 Å². The van der Waals surface area contributed by atoms with E-state index in [4.69, 9.17) is 10.5 Å². The maximum Gasteiger partial charge on any atom is 0.417 e. The number of piperazine rings is 1. The number of nitrogen functional groups attached to an aromatic ring is 1. The average molecular weight is 604 g/mol. The predicted molar refractivity (Wildman–Crippen MR) is 156 cm³/mol. The number of carbonyl (C=O) groups excluding carboxylic acids is 1. The lowest BCUT2D eigenvalue weighted by atomic mass is 10.0. The zero-order chi connectivity index (χ0) is 31.1. The number of likely N-dealkylation sites (N-methyl/N-ethyl adjacent to an activating group) is 1. The number of nitrogens with zero attached hydrogens (tertiary/aromatic N) is 4. The fraction of sp³-hybridized carbons (Fsp3) is 0.414. The summed E-state index contributed by atoms with van der Waals surface area (Å²) in [6.07, 6.45) is -2.76. The second kappa shape index (κ2) is 11.8. The van der Waals surface area contributed by atoms with Gasteiger partial charge in [0.05, 0.1) is 41.4 Å². The molecule has 2 aromatic heterocycles. The van der Waals surface area contributed by atoms with Gasteiger partial charge in [-0.2, -0.15) is 13.2 Å². The van der Waals surface area contributed by atoms with Gasteiger partial charge >= 0.3 is 6.18 Å². The van der Waals surface area contributed by atoms with E-state index in [1.54, 1.807) is 6.07 Å². The number of pyridine rings is 2. The van der Waals surface area contributed by atoms with Crippen molar-refractivity contribution in [2.24, 2.45) is 0 Å². The van der Waals surface area contributed by atoms with Crippen molar-refractivity contribution in [3.63, 3.8) is 0 Å². The number of H-pyrrole nitrogens is 1. The van der Waals surface area contributed by atoms with Crippen LogP contribution in [0.25, 0.3) is 11.1 Å². The Kier molecular flexibility index (Phi) is 8.34. The highest BCUT2D eigenvalue weighted by Gasteiger charge is 2.36. The van der Waals surface area contributed by atoms with Crippen LogP contribution in [0, 0.1) is 5.82 Å². The Hall–Kier alpha value is -4.17. The minimum Gasteiger partial charge on any atom is -0.396 e. The lowest BCUT2D eigenvalue weighted by Crippen LogP contribution is -2.55. The van der Waals surface area contributed by atoms with Gasteiger partial charge in [0.15, 0.2) is 5.82 Å². The molecule has 43 heavy (non-hydrogen) atoms. The molecule has 0 bridgehead atoms. The lowest BCUT2D eigenvalue weighted by molar-refractivity contribution is -0.138. The molecule has 10 nitrogen and oxygen atoms in total. The number of anilines is 4. The predicted octanol–water partition coefficient (Wildman–Crippen LogP) is 3.79. The highest BCUT2D eigenvalue weighted by atomic mass is 19.4. The monoisotopic (exact) mass is 603 g/mol. The summed E-state index contributed by atoms with van der Waals surface area (Å²) in [5.74, 6) is -1.19. The molecule has 5 rings (SSSR count). The third-order valence-corrected chi connectivity index (χ3v) is 8.03. The normalized spacial score (nSPS) is 19.9. The number of morpholine rings is 1. The first kappa shape index (κ1) is 30.3. The van der Waals surface area contributed by atoms with Gasteiger partial charge in [0, 0.05) is 67.8 Å². The molecular weight excluding hydrogens is 570 g/mol. The smallest absolute Gasteiger partial charge is 0.396 e. The second-order valence-electron chi connectivity index (χ2n) is 10.9. The number of ether oxygens (including phenoxy) is 1. The van der Waals surface area contributed by atoms with Crippen LogP contribution in [0.2, 0.25) is 0 Å². The van der Waals surface area contributed by atoms with Crippen molar-refractivity contribution >= 4 is 28.8 Å². The number of aromatic amines is 1. The van der Waals surface area contributed by atoms with E-state index in [1.807, 2.05) is 30.7 Å². The molecule has 1 amide bonds. The lowest BCUT2D eigenvalue weighted by Gasteiger charge is -2.44. The Balaban J connectivity index is 1.57. The Labute approximate surface area is 245 Å². The molecule has 2 saturated heterocycles. The number of hydrogen-bond acceptors (Lipinski definition) is 8. The summed E-state index contributed by atoms with van der Waals surface area (Å²) in [7, 11) is 1.98. The number of halogens is 4. The number of benzene rings is 1. The summed E-state index contributed by atoms with van der Waals surface area (Å²) in [5, 5.41) is 2.56. The summed E-state index contributed by atoms with van der Waals surface area (Å²) < 4.78 is 62.4. The molecule has 2 aliphatic rings. The van der Waals surface area contributed by atoms with E-state index in [1.165, 1.54) is 18.3 Å². The van der Waals surface area contributed by atoms with E-state index in [-0.39, 0.29) is 23.3 Å². The number of aromatic nitrogens is 2. The van der Waals surface area contributed by atoms with Crippen LogP contribution in [0.15, 0.2) is 41.5 Å². The molecule has 14 heteroatoms. The molecule has 4 N–H and O–H groups in total. The van der Waals surface area contributed by atoms with Gasteiger partial charge in [0.1, 0.15) is 5.82 Å². The van der Waals surface area contributed by atoms with Crippen molar-refractivity contribution in [3.8, 4) is 11.1 Å². The minimum atomic E-state index is -4.95. The van der Waals surface area contributed by atoms with E-state index in [0.717, 1.165) is 6.20 Å². The third-order valence-electron chi connectivity index (χ3n) is 8.03. The summed E-state index contributed by atoms with van der Waals surface area (Å²) in [4.78, 5) is 37.6. The van der Waals surface area contributed by atoms with E-state index in [9.17, 15) is 22.8 Å². The Morgan fingerprint density at radius 2 is 1.77 bits per heavy atom. The summed E-state index contributed by atoms with van der Waals surface area (Å²) in [6.45, 7) is 7.23. The number of carbonyl (C=O) groups is 1. The van der Waals surface area contributed by atoms with Crippen LogP contribution in [0.1, 0.15) is 29.8 Å². The van der Waals surface area contributed by atoms with Crippen molar-refractivity contribution in [2.45, 2.75) is 32.1 Å². The molecule has 1 aromatic carbocycles. The minimum absolute atomic E-state index is 0.0551. The largest absolute Gasteiger partial charge is 0.417 e. The molecule has 0 saturated carbocycles. The molecule has 0 spiro atoms. The first-order valence-electron chi connectivity index (χ1n) is 13.8. The Bertz CT molecular complexity index is 1560. The van der Waals surface area contributed by atoms with Crippen molar-refractivity contribution < 1.29 is 27.1 Å². The Morgan fingerprint density at radius 3 is 2.40 bits per heavy atom. The van der Waals surface area contributed by atoms with Crippen LogP contribution in [-0.2, 0) is 10.9 Å². The number of nitrogens with two attached hydrogens (primary N) is 1. The van der Waals surface area contributed by atoms with E-state index < -0.39 is 34.6 Å². The summed E-state index contributed by atoms with van der Waals surface area (Å²) in [6, 6.07) is 4.69. The molecule has 230 valence electrons. The molecule has 2 atom stereocenters. The number of nitrogens with one attached hydrogen (secondary N) is 2. The molecule has 2 fully saturated rings. The van der Waals surface area contributed by atoms with Gasteiger partial charge < -0.3 is 30.6 Å². The van der Waals surface area contributed by atoms with Crippen LogP contribution >= 0.6 is 0 Å².